The molecule has 0 aliphatic carbocycles. The highest BCUT2D eigenvalue weighted by atomic mass is 32.2. The van der Waals surface area contributed by atoms with Crippen LogP contribution in [0.25, 0.3) is 0 Å². The van der Waals surface area contributed by atoms with Crippen LogP contribution >= 0.6 is 0 Å². The first kappa shape index (κ1) is 13.2. The maximum absolute atomic E-state index is 11.4. The molecule has 1 aromatic rings. The number of nitrogens with two attached hydrogens (primary N) is 1. The van der Waals surface area contributed by atoms with Gasteiger partial charge in [0, 0.05) is 19.1 Å². The molecule has 6 heteroatoms. The van der Waals surface area contributed by atoms with E-state index in [0.717, 1.165) is 24.2 Å². The molecular weight excluding hydrogens is 250 g/mol. The Morgan fingerprint density at radius 3 is 2.44 bits per heavy atom. The minimum Gasteiger partial charge on any atom is -0.397 e. The van der Waals surface area contributed by atoms with Crippen molar-refractivity contribution in [2.45, 2.75) is 18.9 Å². The Balaban J connectivity index is 1.94. The summed E-state index contributed by atoms with van der Waals surface area (Å²) in [6, 6.07) is 7.91. The van der Waals surface area contributed by atoms with Gasteiger partial charge in [-0.1, -0.05) is 12.1 Å². The number of nitrogen functional groups attached to an aromatic ring is 1. The Labute approximate surface area is 108 Å². The Morgan fingerprint density at radius 1 is 1.28 bits per heavy atom. The summed E-state index contributed by atoms with van der Waals surface area (Å²) in [5.41, 5.74) is 7.52. The van der Waals surface area contributed by atoms with Gasteiger partial charge in [0.15, 0.2) is 0 Å². The van der Waals surface area contributed by atoms with Crippen LogP contribution in [0.15, 0.2) is 24.3 Å². The Bertz CT molecular complexity index is 508. The van der Waals surface area contributed by atoms with Gasteiger partial charge < -0.3 is 11.1 Å². The molecule has 3 N–H and O–H groups in total. The summed E-state index contributed by atoms with van der Waals surface area (Å²) < 4.78 is 24.3. The van der Waals surface area contributed by atoms with Crippen molar-refractivity contribution in [1.82, 2.24) is 4.31 Å². The Kier molecular flexibility index (Phi) is 3.77. The van der Waals surface area contributed by atoms with Gasteiger partial charge in [-0.05, 0) is 25.0 Å². The second-order valence-electron chi connectivity index (χ2n) is 4.67. The molecule has 1 saturated heterocycles. The molecule has 5 nitrogen and oxygen atoms in total. The predicted octanol–water partition coefficient (Wildman–Crippen LogP) is 1.10. The fourth-order valence-electron chi connectivity index (χ4n) is 2.18. The van der Waals surface area contributed by atoms with Crippen molar-refractivity contribution in [1.29, 1.82) is 0 Å². The molecule has 0 atom stereocenters. The van der Waals surface area contributed by atoms with E-state index in [0.29, 0.717) is 13.1 Å². The standard InChI is InChI=1S/C12H19N3O2S/c1-18(16,17)15-8-6-10(7-9-15)14-12-5-3-2-4-11(12)13/h2-5,10,14H,6-9,13H2,1H3. The topological polar surface area (TPSA) is 75.4 Å². The van der Waals surface area contributed by atoms with E-state index in [1.165, 1.54) is 10.6 Å². The van der Waals surface area contributed by atoms with Crippen molar-refractivity contribution in [3.8, 4) is 0 Å². The van der Waals surface area contributed by atoms with E-state index in [-0.39, 0.29) is 6.04 Å². The van der Waals surface area contributed by atoms with Gasteiger partial charge in [0.1, 0.15) is 0 Å². The van der Waals surface area contributed by atoms with Gasteiger partial charge in [-0.15, -0.1) is 0 Å². The van der Waals surface area contributed by atoms with Crippen molar-refractivity contribution in [2.24, 2.45) is 0 Å². The zero-order chi connectivity index (χ0) is 13.2. The number of rotatable bonds is 3. The molecule has 18 heavy (non-hydrogen) atoms. The van der Waals surface area contributed by atoms with Crippen molar-refractivity contribution < 1.29 is 8.42 Å². The van der Waals surface area contributed by atoms with Crippen LogP contribution in [0.4, 0.5) is 11.4 Å². The zero-order valence-electron chi connectivity index (χ0n) is 10.5. The molecular formula is C12H19N3O2S. The fraction of sp³-hybridized carbons (Fsp3) is 0.500. The summed E-state index contributed by atoms with van der Waals surface area (Å²) in [5, 5.41) is 3.37. The molecule has 1 aliphatic rings. The van der Waals surface area contributed by atoms with Crippen molar-refractivity contribution in [3.05, 3.63) is 24.3 Å². The fourth-order valence-corrected chi connectivity index (χ4v) is 3.05. The summed E-state index contributed by atoms with van der Waals surface area (Å²) >= 11 is 0. The molecule has 1 fully saturated rings. The Hall–Kier alpha value is -1.27. The molecule has 0 radical (unpaired) electrons. The van der Waals surface area contributed by atoms with Gasteiger partial charge in [-0.2, -0.15) is 0 Å². The lowest BCUT2D eigenvalue weighted by molar-refractivity contribution is 0.332. The van der Waals surface area contributed by atoms with Gasteiger partial charge in [-0.25, -0.2) is 12.7 Å². The molecule has 1 aromatic carbocycles. The lowest BCUT2D eigenvalue weighted by Gasteiger charge is -2.31. The van der Waals surface area contributed by atoms with Crippen LogP contribution in [0, 0.1) is 0 Å². The largest absolute Gasteiger partial charge is 0.397 e. The second kappa shape index (κ2) is 5.16. The van der Waals surface area contributed by atoms with Crippen LogP contribution < -0.4 is 11.1 Å². The first-order chi connectivity index (χ1) is 8.47. The van der Waals surface area contributed by atoms with Crippen LogP contribution in [0.5, 0.6) is 0 Å². The first-order valence-electron chi connectivity index (χ1n) is 6.03. The molecule has 100 valence electrons. The predicted molar refractivity (Wildman–Crippen MR) is 73.9 cm³/mol. The summed E-state index contributed by atoms with van der Waals surface area (Å²) in [6.45, 7) is 1.15. The lowest BCUT2D eigenvalue weighted by Crippen LogP contribution is -2.41. The average molecular weight is 269 g/mol. The number of piperidine rings is 1. The SMILES string of the molecule is CS(=O)(=O)N1CCC(Nc2ccccc2N)CC1. The third kappa shape index (κ3) is 3.14. The first-order valence-corrected chi connectivity index (χ1v) is 7.88. The highest BCUT2D eigenvalue weighted by molar-refractivity contribution is 7.88. The average Bonchev–Trinajstić information content (AvgIpc) is 2.32. The zero-order valence-corrected chi connectivity index (χ0v) is 11.3. The number of sulfonamides is 1. The van der Waals surface area contributed by atoms with E-state index in [2.05, 4.69) is 5.32 Å². The van der Waals surface area contributed by atoms with E-state index in [9.17, 15) is 8.42 Å². The van der Waals surface area contributed by atoms with Crippen molar-refractivity contribution in [2.75, 3.05) is 30.4 Å². The molecule has 0 unspecified atom stereocenters. The van der Waals surface area contributed by atoms with Crippen molar-refractivity contribution in [3.63, 3.8) is 0 Å². The van der Waals surface area contributed by atoms with Gasteiger partial charge in [-0.3, -0.25) is 0 Å². The number of hydrogen-bond donors (Lipinski definition) is 2. The van der Waals surface area contributed by atoms with Crippen LogP contribution in [-0.4, -0.2) is 38.1 Å². The van der Waals surface area contributed by atoms with E-state index < -0.39 is 10.0 Å². The number of benzene rings is 1. The molecule has 0 aromatic heterocycles. The quantitative estimate of drug-likeness (QED) is 0.806. The lowest BCUT2D eigenvalue weighted by atomic mass is 10.1. The second-order valence-corrected chi connectivity index (χ2v) is 6.65. The van der Waals surface area contributed by atoms with Crippen LogP contribution in [0.1, 0.15) is 12.8 Å². The Morgan fingerprint density at radius 2 is 1.89 bits per heavy atom. The minimum absolute atomic E-state index is 0.285. The number of anilines is 2. The molecule has 0 bridgehead atoms. The number of nitrogens with zero attached hydrogens (tertiary/aromatic N) is 1. The smallest absolute Gasteiger partial charge is 0.211 e. The van der Waals surface area contributed by atoms with E-state index >= 15 is 0 Å². The van der Waals surface area contributed by atoms with Crippen LogP contribution in [-0.2, 0) is 10.0 Å². The molecule has 1 aliphatic heterocycles. The van der Waals surface area contributed by atoms with Crippen molar-refractivity contribution >= 4 is 21.4 Å². The summed E-state index contributed by atoms with van der Waals surface area (Å²) in [6.07, 6.45) is 2.87. The summed E-state index contributed by atoms with van der Waals surface area (Å²) in [5.74, 6) is 0. The third-order valence-electron chi connectivity index (χ3n) is 3.24. The third-order valence-corrected chi connectivity index (χ3v) is 4.55. The summed E-state index contributed by atoms with van der Waals surface area (Å²) in [4.78, 5) is 0. The van der Waals surface area contributed by atoms with E-state index in [1.54, 1.807) is 0 Å². The molecule has 0 saturated carbocycles. The summed E-state index contributed by atoms with van der Waals surface area (Å²) in [7, 11) is -3.05. The normalized spacial score (nSPS) is 18.7. The van der Waals surface area contributed by atoms with Crippen LogP contribution in [0.2, 0.25) is 0 Å². The maximum Gasteiger partial charge on any atom is 0.211 e. The minimum atomic E-state index is -3.05. The molecule has 0 amide bonds. The van der Waals surface area contributed by atoms with E-state index in [4.69, 9.17) is 5.73 Å². The van der Waals surface area contributed by atoms with Gasteiger partial charge in [0.2, 0.25) is 10.0 Å². The van der Waals surface area contributed by atoms with Gasteiger partial charge >= 0.3 is 0 Å². The number of nitrogens with one attached hydrogen (secondary N) is 1. The molecule has 1 heterocycles. The highest BCUT2D eigenvalue weighted by Crippen LogP contribution is 2.22. The maximum atomic E-state index is 11.4. The molecule has 0 spiro atoms. The molecule has 2 rings (SSSR count). The van der Waals surface area contributed by atoms with Gasteiger partial charge in [0.25, 0.3) is 0 Å². The highest BCUT2D eigenvalue weighted by Gasteiger charge is 2.24. The van der Waals surface area contributed by atoms with E-state index in [1.807, 2.05) is 24.3 Å². The van der Waals surface area contributed by atoms with Gasteiger partial charge in [0.05, 0.1) is 17.6 Å². The number of para-hydroxylation sites is 2. The van der Waals surface area contributed by atoms with Crippen LogP contribution in [0.3, 0.4) is 0 Å². The number of hydrogen-bond acceptors (Lipinski definition) is 4. The monoisotopic (exact) mass is 269 g/mol.